The lowest BCUT2D eigenvalue weighted by Crippen LogP contribution is -2.30. The van der Waals surface area contributed by atoms with Crippen molar-refractivity contribution in [3.63, 3.8) is 0 Å². The lowest BCUT2D eigenvalue weighted by Gasteiger charge is -2.24. The predicted octanol–water partition coefficient (Wildman–Crippen LogP) is 2.66. The largest absolute Gasteiger partial charge is 0.306 e. The zero-order chi connectivity index (χ0) is 14.5. The SMILES string of the molecule is CCN(Cc1ccc(C(C)=O)cc1)C[C@H]1CCN(C)C1. The molecule has 1 aliphatic heterocycles. The van der Waals surface area contributed by atoms with Crippen molar-refractivity contribution < 1.29 is 4.79 Å². The van der Waals surface area contributed by atoms with Crippen LogP contribution in [0.25, 0.3) is 0 Å². The van der Waals surface area contributed by atoms with Crippen LogP contribution in [0.3, 0.4) is 0 Å². The monoisotopic (exact) mass is 274 g/mol. The fraction of sp³-hybridized carbons (Fsp3) is 0.588. The van der Waals surface area contributed by atoms with E-state index in [2.05, 4.69) is 35.9 Å². The van der Waals surface area contributed by atoms with Crippen LogP contribution in [0.5, 0.6) is 0 Å². The van der Waals surface area contributed by atoms with E-state index < -0.39 is 0 Å². The number of hydrogen-bond acceptors (Lipinski definition) is 3. The molecule has 2 rings (SSSR count). The minimum atomic E-state index is 0.137. The van der Waals surface area contributed by atoms with E-state index in [0.29, 0.717) is 0 Å². The lowest BCUT2D eigenvalue weighted by atomic mass is 10.1. The normalized spacial score (nSPS) is 19.7. The van der Waals surface area contributed by atoms with Gasteiger partial charge in [-0.15, -0.1) is 0 Å². The Hall–Kier alpha value is -1.19. The average Bonchev–Trinajstić information content (AvgIpc) is 2.84. The van der Waals surface area contributed by atoms with Gasteiger partial charge in [0, 0.05) is 25.2 Å². The molecular formula is C17H26N2O. The summed E-state index contributed by atoms with van der Waals surface area (Å²) in [6.07, 6.45) is 1.32. The zero-order valence-corrected chi connectivity index (χ0v) is 12.9. The second kappa shape index (κ2) is 7.00. The van der Waals surface area contributed by atoms with Crippen molar-refractivity contribution in [2.24, 2.45) is 5.92 Å². The van der Waals surface area contributed by atoms with Crippen molar-refractivity contribution >= 4 is 5.78 Å². The topological polar surface area (TPSA) is 23.6 Å². The Morgan fingerprint density at radius 1 is 1.35 bits per heavy atom. The Morgan fingerprint density at radius 3 is 2.55 bits per heavy atom. The molecule has 3 heteroatoms. The van der Waals surface area contributed by atoms with Crippen LogP contribution in [-0.2, 0) is 6.54 Å². The summed E-state index contributed by atoms with van der Waals surface area (Å²) in [4.78, 5) is 16.2. The summed E-state index contributed by atoms with van der Waals surface area (Å²) in [5.41, 5.74) is 2.09. The van der Waals surface area contributed by atoms with E-state index in [1.54, 1.807) is 6.92 Å². The van der Waals surface area contributed by atoms with Gasteiger partial charge >= 0.3 is 0 Å². The second-order valence-electron chi connectivity index (χ2n) is 6.00. The van der Waals surface area contributed by atoms with Crippen molar-refractivity contribution in [2.45, 2.75) is 26.8 Å². The highest BCUT2D eigenvalue weighted by atomic mass is 16.1. The summed E-state index contributed by atoms with van der Waals surface area (Å²) in [6, 6.07) is 8.05. The maximum Gasteiger partial charge on any atom is 0.159 e. The van der Waals surface area contributed by atoms with Gasteiger partial charge in [0.25, 0.3) is 0 Å². The van der Waals surface area contributed by atoms with Gasteiger partial charge in [-0.05, 0) is 45.0 Å². The molecule has 0 aromatic heterocycles. The van der Waals surface area contributed by atoms with E-state index >= 15 is 0 Å². The van der Waals surface area contributed by atoms with Gasteiger partial charge in [-0.2, -0.15) is 0 Å². The predicted molar refractivity (Wildman–Crippen MR) is 83.0 cm³/mol. The van der Waals surface area contributed by atoms with Crippen LogP contribution >= 0.6 is 0 Å². The molecule has 1 heterocycles. The Morgan fingerprint density at radius 2 is 2.05 bits per heavy atom. The van der Waals surface area contributed by atoms with Crippen LogP contribution in [0, 0.1) is 5.92 Å². The molecule has 0 amide bonds. The Kier molecular flexibility index (Phi) is 5.32. The summed E-state index contributed by atoms with van der Waals surface area (Å²) >= 11 is 0. The Balaban J connectivity index is 1.90. The number of carbonyl (C=O) groups excluding carboxylic acids is 1. The number of hydrogen-bond donors (Lipinski definition) is 0. The molecule has 1 aromatic rings. The summed E-state index contributed by atoms with van der Waals surface area (Å²) < 4.78 is 0. The highest BCUT2D eigenvalue weighted by molar-refractivity contribution is 5.93. The van der Waals surface area contributed by atoms with E-state index in [1.165, 1.54) is 31.6 Å². The van der Waals surface area contributed by atoms with Crippen molar-refractivity contribution in [3.05, 3.63) is 35.4 Å². The van der Waals surface area contributed by atoms with Gasteiger partial charge < -0.3 is 4.90 Å². The Labute approximate surface area is 122 Å². The third-order valence-electron chi connectivity index (χ3n) is 4.22. The number of benzene rings is 1. The smallest absolute Gasteiger partial charge is 0.159 e. The lowest BCUT2D eigenvalue weighted by molar-refractivity contribution is 0.101. The van der Waals surface area contributed by atoms with E-state index in [9.17, 15) is 4.79 Å². The van der Waals surface area contributed by atoms with Gasteiger partial charge in [0.2, 0.25) is 0 Å². The number of rotatable bonds is 6. The van der Waals surface area contributed by atoms with Crippen LogP contribution in [0.4, 0.5) is 0 Å². The van der Waals surface area contributed by atoms with E-state index in [-0.39, 0.29) is 5.78 Å². The van der Waals surface area contributed by atoms with E-state index in [4.69, 9.17) is 0 Å². The first kappa shape index (κ1) is 15.2. The van der Waals surface area contributed by atoms with Gasteiger partial charge in [0.05, 0.1) is 0 Å². The second-order valence-corrected chi connectivity index (χ2v) is 6.00. The third-order valence-corrected chi connectivity index (χ3v) is 4.22. The van der Waals surface area contributed by atoms with E-state index in [1.807, 2.05) is 12.1 Å². The molecule has 3 nitrogen and oxygen atoms in total. The molecule has 0 N–H and O–H groups in total. The molecule has 0 aliphatic carbocycles. The number of likely N-dealkylation sites (tertiary alicyclic amines) is 1. The number of carbonyl (C=O) groups is 1. The molecule has 0 saturated carbocycles. The molecular weight excluding hydrogens is 248 g/mol. The summed E-state index contributed by atoms with van der Waals surface area (Å²) in [6.45, 7) is 9.53. The molecule has 1 atom stereocenters. The van der Waals surface area contributed by atoms with Crippen molar-refractivity contribution in [1.29, 1.82) is 0 Å². The van der Waals surface area contributed by atoms with Crippen LogP contribution in [0.1, 0.15) is 36.2 Å². The van der Waals surface area contributed by atoms with Gasteiger partial charge in [0.15, 0.2) is 5.78 Å². The van der Waals surface area contributed by atoms with E-state index in [0.717, 1.165) is 24.6 Å². The molecule has 0 bridgehead atoms. The van der Waals surface area contributed by atoms with Gasteiger partial charge in [0.1, 0.15) is 0 Å². The van der Waals surface area contributed by atoms with Crippen molar-refractivity contribution in [2.75, 3.05) is 33.2 Å². The summed E-state index contributed by atoms with van der Waals surface area (Å²) in [7, 11) is 2.21. The van der Waals surface area contributed by atoms with Gasteiger partial charge in [-0.3, -0.25) is 9.69 Å². The minimum absolute atomic E-state index is 0.137. The van der Waals surface area contributed by atoms with Crippen LogP contribution in [0.15, 0.2) is 24.3 Å². The van der Waals surface area contributed by atoms with Crippen LogP contribution < -0.4 is 0 Å². The Bertz CT molecular complexity index is 441. The molecule has 20 heavy (non-hydrogen) atoms. The molecule has 0 radical (unpaired) electrons. The first-order valence-electron chi connectivity index (χ1n) is 7.59. The molecule has 1 saturated heterocycles. The molecule has 1 fully saturated rings. The zero-order valence-electron chi connectivity index (χ0n) is 12.9. The summed E-state index contributed by atoms with van der Waals surface area (Å²) in [5.74, 6) is 0.939. The maximum atomic E-state index is 11.3. The quantitative estimate of drug-likeness (QED) is 0.745. The number of Topliss-reactive ketones (excluding diaryl/α,β-unsaturated/α-hetero) is 1. The third kappa shape index (κ3) is 4.15. The summed E-state index contributed by atoms with van der Waals surface area (Å²) in [5, 5.41) is 0. The highest BCUT2D eigenvalue weighted by Crippen LogP contribution is 2.17. The molecule has 1 aromatic carbocycles. The highest BCUT2D eigenvalue weighted by Gasteiger charge is 2.21. The van der Waals surface area contributed by atoms with Crippen LogP contribution in [0.2, 0.25) is 0 Å². The fourth-order valence-electron chi connectivity index (χ4n) is 2.95. The molecule has 0 spiro atoms. The van der Waals surface area contributed by atoms with Crippen molar-refractivity contribution in [3.8, 4) is 0 Å². The first-order chi connectivity index (χ1) is 9.58. The fourth-order valence-corrected chi connectivity index (χ4v) is 2.95. The maximum absolute atomic E-state index is 11.3. The van der Waals surface area contributed by atoms with Gasteiger partial charge in [-0.1, -0.05) is 31.2 Å². The molecule has 110 valence electrons. The van der Waals surface area contributed by atoms with Crippen LogP contribution in [-0.4, -0.2) is 48.8 Å². The average molecular weight is 274 g/mol. The van der Waals surface area contributed by atoms with Crippen molar-refractivity contribution in [1.82, 2.24) is 9.80 Å². The molecule has 0 unspecified atom stereocenters. The minimum Gasteiger partial charge on any atom is -0.306 e. The van der Waals surface area contributed by atoms with Gasteiger partial charge in [-0.25, -0.2) is 0 Å². The standard InChI is InChI=1S/C17H26N2O/c1-4-19(13-16-9-10-18(3)11-16)12-15-5-7-17(8-6-15)14(2)20/h5-8,16H,4,9-13H2,1-3H3/t16-/m0/s1. The number of nitrogens with zero attached hydrogens (tertiary/aromatic N) is 2. The number of ketones is 1. The molecule has 1 aliphatic rings. The first-order valence-corrected chi connectivity index (χ1v) is 7.59.